The van der Waals surface area contributed by atoms with E-state index in [9.17, 15) is 0 Å². The fourth-order valence-electron chi connectivity index (χ4n) is 6.26. The third-order valence-corrected chi connectivity index (χ3v) is 8.03. The van der Waals surface area contributed by atoms with E-state index in [0.717, 1.165) is 30.4 Å². The van der Waals surface area contributed by atoms with E-state index in [1.807, 2.05) is 0 Å². The minimum atomic E-state index is -0.219. The zero-order chi connectivity index (χ0) is 23.1. The molecule has 0 aliphatic heterocycles. The van der Waals surface area contributed by atoms with Crippen molar-refractivity contribution in [3.8, 4) is 5.75 Å². The Morgan fingerprint density at radius 2 is 1.69 bits per heavy atom. The number of rotatable bonds is 7. The largest absolute Gasteiger partial charge is 0.461 e. The summed E-state index contributed by atoms with van der Waals surface area (Å²) >= 11 is 0. The maximum absolute atomic E-state index is 6.69. The van der Waals surface area contributed by atoms with E-state index in [1.165, 1.54) is 43.2 Å². The van der Waals surface area contributed by atoms with Crippen LogP contribution >= 0.6 is 0 Å². The fraction of sp³-hybridized carbons (Fsp3) is 0.733. The van der Waals surface area contributed by atoms with Crippen LogP contribution < -0.4 is 4.74 Å². The van der Waals surface area contributed by atoms with Crippen molar-refractivity contribution in [3.63, 3.8) is 0 Å². The summed E-state index contributed by atoms with van der Waals surface area (Å²) in [4.78, 5) is 0. The monoisotopic (exact) mass is 438 g/mol. The number of hydrogen-bond acceptors (Lipinski definition) is 2. The van der Waals surface area contributed by atoms with Crippen molar-refractivity contribution >= 4 is 0 Å². The van der Waals surface area contributed by atoms with Gasteiger partial charge in [0.15, 0.2) is 0 Å². The third kappa shape index (κ3) is 5.79. The maximum Gasteiger partial charge on any atom is 0.222 e. The zero-order valence-electron chi connectivity index (χ0n) is 21.6. The number of ether oxygens (including phenoxy) is 2. The maximum atomic E-state index is 6.69. The van der Waals surface area contributed by atoms with Crippen LogP contribution in [0.5, 0.6) is 5.75 Å². The molecule has 0 N–H and O–H groups in total. The first-order valence-corrected chi connectivity index (χ1v) is 13.1. The van der Waals surface area contributed by atoms with Gasteiger partial charge in [-0.05, 0) is 103 Å². The first-order valence-electron chi connectivity index (χ1n) is 13.1. The first-order chi connectivity index (χ1) is 15.0. The minimum Gasteiger partial charge on any atom is -0.461 e. The van der Waals surface area contributed by atoms with Crippen molar-refractivity contribution in [2.75, 3.05) is 0 Å². The summed E-state index contributed by atoms with van der Waals surface area (Å²) in [6.45, 7) is 16.4. The Labute approximate surface area is 197 Å². The Balaban J connectivity index is 1.48. The molecule has 6 unspecified atom stereocenters. The standard InChI is InChI=1S/C30H46O2/c1-20-8-10-24(16-20)28(32-27-18-21-9-11-23(27)17-21)31-25-14-12-22(13-15-25)26(30(5,6)7)19-29(2,3)4/h10,12-15,20-21,23,26-28H,8-9,11,16-19H2,1-7H3. The highest BCUT2D eigenvalue weighted by Gasteiger charge is 2.42. The third-order valence-electron chi connectivity index (χ3n) is 8.03. The molecular formula is C30H46O2. The van der Waals surface area contributed by atoms with E-state index >= 15 is 0 Å². The van der Waals surface area contributed by atoms with E-state index in [0.29, 0.717) is 23.4 Å². The Bertz CT molecular complexity index is 792. The molecule has 4 rings (SSSR count). The molecule has 0 amide bonds. The van der Waals surface area contributed by atoms with Crippen molar-refractivity contribution in [2.24, 2.45) is 28.6 Å². The van der Waals surface area contributed by atoms with Gasteiger partial charge in [0.2, 0.25) is 6.29 Å². The van der Waals surface area contributed by atoms with Gasteiger partial charge in [-0.25, -0.2) is 0 Å². The fourth-order valence-corrected chi connectivity index (χ4v) is 6.26. The number of benzene rings is 1. The Kier molecular flexibility index (Phi) is 6.83. The Hall–Kier alpha value is -1.28. The average molecular weight is 439 g/mol. The van der Waals surface area contributed by atoms with Gasteiger partial charge in [-0.3, -0.25) is 0 Å². The smallest absolute Gasteiger partial charge is 0.222 e. The molecule has 3 aliphatic rings. The predicted molar refractivity (Wildman–Crippen MR) is 134 cm³/mol. The highest BCUT2D eigenvalue weighted by molar-refractivity contribution is 5.31. The molecule has 32 heavy (non-hydrogen) atoms. The lowest BCUT2D eigenvalue weighted by Gasteiger charge is -2.36. The second kappa shape index (κ2) is 9.16. The molecule has 6 atom stereocenters. The molecule has 0 spiro atoms. The molecule has 178 valence electrons. The molecule has 0 aromatic heterocycles. The molecular weight excluding hydrogens is 392 g/mol. The molecule has 0 heterocycles. The lowest BCUT2D eigenvalue weighted by molar-refractivity contribution is -0.114. The van der Waals surface area contributed by atoms with Crippen LogP contribution in [0, 0.1) is 28.6 Å². The van der Waals surface area contributed by atoms with Gasteiger partial charge in [-0.2, -0.15) is 0 Å². The Morgan fingerprint density at radius 1 is 0.969 bits per heavy atom. The summed E-state index contributed by atoms with van der Waals surface area (Å²) in [7, 11) is 0. The molecule has 2 fully saturated rings. The topological polar surface area (TPSA) is 18.5 Å². The summed E-state index contributed by atoms with van der Waals surface area (Å²) in [6, 6.07) is 8.92. The van der Waals surface area contributed by atoms with E-state index in [1.54, 1.807) is 0 Å². The average Bonchev–Trinajstić information content (AvgIpc) is 3.42. The quantitative estimate of drug-likeness (QED) is 0.314. The Morgan fingerprint density at radius 3 is 2.19 bits per heavy atom. The van der Waals surface area contributed by atoms with E-state index < -0.39 is 0 Å². The summed E-state index contributed by atoms with van der Waals surface area (Å²) < 4.78 is 13.2. The highest BCUT2D eigenvalue weighted by Crippen LogP contribution is 2.47. The second-order valence-electron chi connectivity index (χ2n) is 13.4. The van der Waals surface area contributed by atoms with Gasteiger partial charge in [0, 0.05) is 0 Å². The van der Waals surface area contributed by atoms with E-state index in [4.69, 9.17) is 9.47 Å². The van der Waals surface area contributed by atoms with Gasteiger partial charge in [0.25, 0.3) is 0 Å². The normalized spacial score (nSPS) is 29.8. The lowest BCUT2D eigenvalue weighted by atomic mass is 9.69. The van der Waals surface area contributed by atoms with Crippen LogP contribution in [0.3, 0.4) is 0 Å². The van der Waals surface area contributed by atoms with Crippen molar-refractivity contribution in [1.29, 1.82) is 0 Å². The SMILES string of the molecule is CC1CC=C(C(Oc2ccc(C(CC(C)(C)C)C(C)(C)C)cc2)OC2CC3CCC2C3)C1. The molecule has 3 aliphatic carbocycles. The van der Waals surface area contributed by atoms with Crippen molar-refractivity contribution in [2.45, 2.75) is 112 Å². The number of allylic oxidation sites excluding steroid dienone is 1. The molecule has 2 nitrogen and oxygen atoms in total. The molecule has 0 saturated heterocycles. The lowest BCUT2D eigenvalue weighted by Crippen LogP contribution is -2.32. The van der Waals surface area contributed by atoms with Gasteiger partial charge in [-0.1, -0.05) is 66.7 Å². The minimum absolute atomic E-state index is 0.219. The summed E-state index contributed by atoms with van der Waals surface area (Å²) in [5.74, 6) is 3.80. The second-order valence-corrected chi connectivity index (χ2v) is 13.4. The van der Waals surface area contributed by atoms with Crippen LogP contribution in [-0.2, 0) is 4.74 Å². The first kappa shape index (κ1) is 23.9. The summed E-state index contributed by atoms with van der Waals surface area (Å²) in [6.07, 6.45) is 11.3. The van der Waals surface area contributed by atoms with Crippen LogP contribution in [0.25, 0.3) is 0 Å². The van der Waals surface area contributed by atoms with E-state index in [2.05, 4.69) is 78.8 Å². The number of fused-ring (bicyclic) bond motifs is 2. The molecule has 2 bridgehead atoms. The van der Waals surface area contributed by atoms with Crippen molar-refractivity contribution in [1.82, 2.24) is 0 Å². The summed E-state index contributed by atoms with van der Waals surface area (Å²) in [5, 5.41) is 0. The van der Waals surface area contributed by atoms with Gasteiger partial charge >= 0.3 is 0 Å². The van der Waals surface area contributed by atoms with Crippen LogP contribution in [0.4, 0.5) is 0 Å². The highest BCUT2D eigenvalue weighted by atomic mass is 16.7. The van der Waals surface area contributed by atoms with Crippen LogP contribution in [-0.4, -0.2) is 12.4 Å². The predicted octanol–water partition coefficient (Wildman–Crippen LogP) is 8.52. The van der Waals surface area contributed by atoms with Gasteiger partial charge < -0.3 is 9.47 Å². The zero-order valence-corrected chi connectivity index (χ0v) is 21.6. The van der Waals surface area contributed by atoms with Gasteiger partial charge in [0.05, 0.1) is 6.10 Å². The molecule has 0 radical (unpaired) electrons. The van der Waals surface area contributed by atoms with Crippen molar-refractivity contribution < 1.29 is 9.47 Å². The molecule has 2 saturated carbocycles. The van der Waals surface area contributed by atoms with E-state index in [-0.39, 0.29) is 11.7 Å². The van der Waals surface area contributed by atoms with Crippen LogP contribution in [0.2, 0.25) is 0 Å². The van der Waals surface area contributed by atoms with Crippen LogP contribution in [0.15, 0.2) is 35.9 Å². The molecule has 1 aromatic carbocycles. The van der Waals surface area contributed by atoms with Gasteiger partial charge in [0.1, 0.15) is 5.75 Å². The molecule has 1 aromatic rings. The molecule has 2 heteroatoms. The number of hydrogen-bond donors (Lipinski definition) is 0. The van der Waals surface area contributed by atoms with Crippen LogP contribution in [0.1, 0.15) is 105 Å². The van der Waals surface area contributed by atoms with Crippen molar-refractivity contribution in [3.05, 3.63) is 41.5 Å². The summed E-state index contributed by atoms with van der Waals surface area (Å²) in [5.41, 5.74) is 3.30. The van der Waals surface area contributed by atoms with Gasteiger partial charge in [-0.15, -0.1) is 0 Å².